The third-order valence-corrected chi connectivity index (χ3v) is 4.53. The van der Waals surface area contributed by atoms with Crippen molar-refractivity contribution in [2.75, 3.05) is 6.61 Å². The number of ether oxygens (including phenoxy) is 2. The highest BCUT2D eigenvalue weighted by molar-refractivity contribution is 5.95. The Kier molecular flexibility index (Phi) is 6.97. The first-order valence-corrected chi connectivity index (χ1v) is 9.50. The number of amides is 2. The molecule has 1 saturated heterocycles. The molecule has 0 aromatic heterocycles. The topological polar surface area (TPSA) is 97.0 Å². The minimum atomic E-state index is -0.857. The Morgan fingerprint density at radius 2 is 1.59 bits per heavy atom. The molecule has 1 heterocycles. The molecule has 152 valence electrons. The molecule has 7 nitrogen and oxygen atoms in total. The summed E-state index contributed by atoms with van der Waals surface area (Å²) in [7, 11) is 0. The monoisotopic (exact) mass is 396 g/mol. The van der Waals surface area contributed by atoms with Crippen LogP contribution in [0.3, 0.4) is 0 Å². The number of Topliss-reactive ketones (excluding diaryl/α,β-unsaturated/α-hetero) is 1. The molecule has 0 bridgehead atoms. The van der Waals surface area contributed by atoms with Gasteiger partial charge in [-0.2, -0.15) is 0 Å². The first-order chi connectivity index (χ1) is 14.0. The van der Waals surface area contributed by atoms with E-state index in [1.807, 2.05) is 60.7 Å². The maximum Gasteiger partial charge on any atom is 0.408 e. The molecular weight excluding hydrogens is 372 g/mol. The van der Waals surface area contributed by atoms with Gasteiger partial charge in [-0.3, -0.25) is 9.59 Å². The Labute approximate surface area is 169 Å². The molecule has 2 N–H and O–H groups in total. The van der Waals surface area contributed by atoms with Crippen molar-refractivity contribution in [3.05, 3.63) is 71.8 Å². The number of epoxide rings is 1. The van der Waals surface area contributed by atoms with Crippen molar-refractivity contribution < 1.29 is 23.9 Å². The van der Waals surface area contributed by atoms with Gasteiger partial charge in [0.05, 0.1) is 12.6 Å². The Hall–Kier alpha value is -3.19. The van der Waals surface area contributed by atoms with E-state index in [0.29, 0.717) is 13.0 Å². The van der Waals surface area contributed by atoms with Gasteiger partial charge in [-0.15, -0.1) is 0 Å². The standard InChI is InChI=1S/C22H24N2O5/c1-15(23-22(27)29-13-17-10-6-3-7-11-17)21(26)24-18(20(25)19-14-28-19)12-16-8-4-2-5-9-16/h2-11,15,18-19H,12-14H2,1H3,(H,23,27)(H,24,26)/t15-,18-,19?/m0/s1. The molecule has 2 aromatic carbocycles. The van der Waals surface area contributed by atoms with Gasteiger partial charge in [0.1, 0.15) is 18.8 Å². The summed E-state index contributed by atoms with van der Waals surface area (Å²) in [4.78, 5) is 37.0. The zero-order valence-corrected chi connectivity index (χ0v) is 16.2. The molecule has 3 rings (SSSR count). The molecule has 0 spiro atoms. The second-order valence-corrected chi connectivity index (χ2v) is 6.90. The minimum absolute atomic E-state index is 0.106. The normalized spacial score (nSPS) is 16.9. The zero-order chi connectivity index (χ0) is 20.6. The highest BCUT2D eigenvalue weighted by Crippen LogP contribution is 2.15. The lowest BCUT2D eigenvalue weighted by atomic mass is 10.0. The van der Waals surface area contributed by atoms with Gasteiger partial charge >= 0.3 is 6.09 Å². The van der Waals surface area contributed by atoms with E-state index in [0.717, 1.165) is 11.1 Å². The number of benzene rings is 2. The lowest BCUT2D eigenvalue weighted by molar-refractivity contribution is -0.129. The van der Waals surface area contributed by atoms with E-state index in [1.54, 1.807) is 0 Å². The minimum Gasteiger partial charge on any atom is -0.445 e. The molecule has 1 unspecified atom stereocenters. The second kappa shape index (κ2) is 9.84. The predicted octanol–water partition coefficient (Wildman–Crippen LogP) is 2.00. The van der Waals surface area contributed by atoms with Gasteiger partial charge in [0.2, 0.25) is 5.91 Å². The molecular formula is C22H24N2O5. The summed E-state index contributed by atoms with van der Waals surface area (Å²) in [6, 6.07) is 17.1. The van der Waals surface area contributed by atoms with E-state index in [-0.39, 0.29) is 12.4 Å². The highest BCUT2D eigenvalue weighted by atomic mass is 16.6. The van der Waals surface area contributed by atoms with Crippen LogP contribution in [-0.4, -0.2) is 42.6 Å². The number of carbonyl (C=O) groups excluding carboxylic acids is 3. The number of carbonyl (C=O) groups is 3. The number of hydrogen-bond acceptors (Lipinski definition) is 5. The number of ketones is 1. The first kappa shape index (κ1) is 20.5. The number of hydrogen-bond donors (Lipinski definition) is 2. The first-order valence-electron chi connectivity index (χ1n) is 9.50. The third-order valence-electron chi connectivity index (χ3n) is 4.53. The van der Waals surface area contributed by atoms with Gasteiger partial charge in [-0.1, -0.05) is 60.7 Å². The average Bonchev–Trinajstić information content (AvgIpc) is 3.58. The molecule has 2 amide bonds. The SMILES string of the molecule is C[C@H](NC(=O)OCc1ccccc1)C(=O)N[C@@H](Cc1ccccc1)C(=O)C1CO1. The summed E-state index contributed by atoms with van der Waals surface area (Å²) in [5.74, 6) is -0.627. The summed E-state index contributed by atoms with van der Waals surface area (Å²) < 4.78 is 10.2. The molecule has 1 aliphatic heterocycles. The summed E-state index contributed by atoms with van der Waals surface area (Å²) in [6.45, 7) is 2.02. The van der Waals surface area contributed by atoms with Gasteiger partial charge in [0.25, 0.3) is 0 Å². The van der Waals surface area contributed by atoms with E-state index in [4.69, 9.17) is 9.47 Å². The van der Waals surface area contributed by atoms with E-state index in [2.05, 4.69) is 10.6 Å². The molecule has 7 heteroatoms. The molecule has 1 fully saturated rings. The number of nitrogens with one attached hydrogen (secondary N) is 2. The van der Waals surface area contributed by atoms with Crippen LogP contribution in [0.2, 0.25) is 0 Å². The van der Waals surface area contributed by atoms with E-state index in [1.165, 1.54) is 6.92 Å². The van der Waals surface area contributed by atoms with Crippen molar-refractivity contribution in [2.24, 2.45) is 0 Å². The Bertz CT molecular complexity index is 837. The lowest BCUT2D eigenvalue weighted by Crippen LogP contribution is -2.52. The lowest BCUT2D eigenvalue weighted by Gasteiger charge is -2.20. The fourth-order valence-electron chi connectivity index (χ4n) is 2.81. The van der Waals surface area contributed by atoms with Crippen LogP contribution in [0.4, 0.5) is 4.79 Å². The second-order valence-electron chi connectivity index (χ2n) is 6.90. The van der Waals surface area contributed by atoms with Crippen molar-refractivity contribution in [1.82, 2.24) is 10.6 Å². The quantitative estimate of drug-likeness (QED) is 0.632. The third kappa shape index (κ3) is 6.43. The van der Waals surface area contributed by atoms with Gasteiger partial charge < -0.3 is 20.1 Å². The van der Waals surface area contributed by atoms with Crippen LogP contribution >= 0.6 is 0 Å². The molecule has 1 aliphatic rings. The van der Waals surface area contributed by atoms with Gasteiger partial charge in [-0.25, -0.2) is 4.79 Å². The van der Waals surface area contributed by atoms with Crippen molar-refractivity contribution >= 4 is 17.8 Å². The van der Waals surface area contributed by atoms with E-state index < -0.39 is 30.2 Å². The van der Waals surface area contributed by atoms with Crippen LogP contribution in [-0.2, 0) is 32.1 Å². The fraction of sp³-hybridized carbons (Fsp3) is 0.318. The summed E-state index contributed by atoms with van der Waals surface area (Å²) in [5, 5.41) is 5.21. The van der Waals surface area contributed by atoms with Crippen molar-refractivity contribution in [3.63, 3.8) is 0 Å². The van der Waals surface area contributed by atoms with Crippen LogP contribution in [0.5, 0.6) is 0 Å². The van der Waals surface area contributed by atoms with Crippen LogP contribution in [0.15, 0.2) is 60.7 Å². The summed E-state index contributed by atoms with van der Waals surface area (Å²) >= 11 is 0. The highest BCUT2D eigenvalue weighted by Gasteiger charge is 2.37. The fourth-order valence-corrected chi connectivity index (χ4v) is 2.81. The molecule has 2 aromatic rings. The maximum absolute atomic E-state index is 12.5. The van der Waals surface area contributed by atoms with Crippen molar-refractivity contribution in [2.45, 2.75) is 38.1 Å². The molecule has 0 saturated carbocycles. The van der Waals surface area contributed by atoms with E-state index >= 15 is 0 Å². The van der Waals surface area contributed by atoms with Crippen LogP contribution in [0.1, 0.15) is 18.1 Å². The van der Waals surface area contributed by atoms with Crippen LogP contribution in [0.25, 0.3) is 0 Å². The number of alkyl carbamates (subject to hydrolysis) is 1. The average molecular weight is 396 g/mol. The van der Waals surface area contributed by atoms with Gasteiger partial charge in [0, 0.05) is 0 Å². The van der Waals surface area contributed by atoms with E-state index in [9.17, 15) is 14.4 Å². The number of rotatable bonds is 9. The summed E-state index contributed by atoms with van der Waals surface area (Å²) in [6.07, 6.45) is -0.813. The van der Waals surface area contributed by atoms with Crippen LogP contribution in [0, 0.1) is 0 Å². The molecule has 0 aliphatic carbocycles. The largest absolute Gasteiger partial charge is 0.445 e. The van der Waals surface area contributed by atoms with Crippen LogP contribution < -0.4 is 10.6 Å². The Morgan fingerprint density at radius 1 is 1.00 bits per heavy atom. The Morgan fingerprint density at radius 3 is 2.17 bits per heavy atom. The molecule has 0 radical (unpaired) electrons. The Balaban J connectivity index is 1.52. The molecule has 3 atom stereocenters. The zero-order valence-electron chi connectivity index (χ0n) is 16.2. The van der Waals surface area contributed by atoms with Gasteiger partial charge in [0.15, 0.2) is 5.78 Å². The summed E-state index contributed by atoms with van der Waals surface area (Å²) in [5.41, 5.74) is 1.77. The van der Waals surface area contributed by atoms with Gasteiger partial charge in [-0.05, 0) is 24.5 Å². The smallest absolute Gasteiger partial charge is 0.408 e. The van der Waals surface area contributed by atoms with Crippen molar-refractivity contribution in [1.29, 1.82) is 0 Å². The predicted molar refractivity (Wildman–Crippen MR) is 106 cm³/mol. The van der Waals surface area contributed by atoms with Crippen molar-refractivity contribution in [3.8, 4) is 0 Å². The maximum atomic E-state index is 12.5. The molecule has 29 heavy (non-hydrogen) atoms.